The SMILES string of the molecule is CN(Cc1ccccc1Cl)C(=O)c1ccccc1I. The molecule has 0 aliphatic carbocycles. The van der Waals surface area contributed by atoms with E-state index in [0.29, 0.717) is 11.6 Å². The number of hydrogen-bond donors (Lipinski definition) is 0. The highest BCUT2D eigenvalue weighted by atomic mass is 127. The molecule has 0 aromatic heterocycles. The van der Waals surface area contributed by atoms with Crippen LogP contribution in [0.1, 0.15) is 15.9 Å². The van der Waals surface area contributed by atoms with E-state index in [-0.39, 0.29) is 5.91 Å². The molecule has 0 atom stereocenters. The molecule has 0 saturated heterocycles. The van der Waals surface area contributed by atoms with Gasteiger partial charge in [0.05, 0.1) is 5.56 Å². The van der Waals surface area contributed by atoms with Gasteiger partial charge >= 0.3 is 0 Å². The van der Waals surface area contributed by atoms with Crippen molar-refractivity contribution in [1.82, 2.24) is 4.90 Å². The molecule has 2 rings (SSSR count). The summed E-state index contributed by atoms with van der Waals surface area (Å²) in [5.74, 6) is 0.00456. The van der Waals surface area contributed by atoms with Crippen LogP contribution in [0.15, 0.2) is 48.5 Å². The van der Waals surface area contributed by atoms with Crippen molar-refractivity contribution in [1.29, 1.82) is 0 Å². The van der Waals surface area contributed by atoms with Gasteiger partial charge in [-0.05, 0) is 46.4 Å². The van der Waals surface area contributed by atoms with Gasteiger partial charge in [0.2, 0.25) is 0 Å². The summed E-state index contributed by atoms with van der Waals surface area (Å²) in [6.07, 6.45) is 0. The van der Waals surface area contributed by atoms with Crippen molar-refractivity contribution in [3.05, 3.63) is 68.3 Å². The predicted octanol–water partition coefficient (Wildman–Crippen LogP) is 4.22. The van der Waals surface area contributed by atoms with Gasteiger partial charge in [0.1, 0.15) is 0 Å². The zero-order valence-electron chi connectivity index (χ0n) is 10.4. The Labute approximate surface area is 131 Å². The van der Waals surface area contributed by atoms with Crippen molar-refractivity contribution in [3.63, 3.8) is 0 Å². The van der Waals surface area contributed by atoms with Gasteiger partial charge in [0, 0.05) is 22.2 Å². The molecule has 2 aromatic rings. The summed E-state index contributed by atoms with van der Waals surface area (Å²) in [6.45, 7) is 0.503. The van der Waals surface area contributed by atoms with Crippen LogP contribution in [0.3, 0.4) is 0 Å². The summed E-state index contributed by atoms with van der Waals surface area (Å²) < 4.78 is 0.955. The van der Waals surface area contributed by atoms with Gasteiger partial charge in [-0.3, -0.25) is 4.79 Å². The number of amides is 1. The fraction of sp³-hybridized carbons (Fsp3) is 0.133. The van der Waals surface area contributed by atoms with Crippen LogP contribution in [0.4, 0.5) is 0 Å². The lowest BCUT2D eigenvalue weighted by Gasteiger charge is -2.18. The van der Waals surface area contributed by atoms with Gasteiger partial charge in [0.15, 0.2) is 0 Å². The quantitative estimate of drug-likeness (QED) is 0.725. The van der Waals surface area contributed by atoms with Gasteiger partial charge in [-0.15, -0.1) is 0 Å². The predicted molar refractivity (Wildman–Crippen MR) is 86.4 cm³/mol. The lowest BCUT2D eigenvalue weighted by molar-refractivity contribution is 0.0784. The number of benzene rings is 2. The van der Waals surface area contributed by atoms with Crippen LogP contribution in [0, 0.1) is 3.57 Å². The van der Waals surface area contributed by atoms with Crippen LogP contribution < -0.4 is 0 Å². The number of hydrogen-bond acceptors (Lipinski definition) is 1. The van der Waals surface area contributed by atoms with Crippen molar-refractivity contribution in [2.75, 3.05) is 7.05 Å². The molecule has 4 heteroatoms. The van der Waals surface area contributed by atoms with Crippen LogP contribution in [0.2, 0.25) is 5.02 Å². The van der Waals surface area contributed by atoms with Gasteiger partial charge < -0.3 is 4.90 Å². The highest BCUT2D eigenvalue weighted by molar-refractivity contribution is 14.1. The maximum absolute atomic E-state index is 12.4. The normalized spacial score (nSPS) is 10.3. The van der Waals surface area contributed by atoms with Crippen molar-refractivity contribution in [2.45, 2.75) is 6.54 Å². The maximum atomic E-state index is 12.4. The number of nitrogens with zero attached hydrogens (tertiary/aromatic N) is 1. The third-order valence-electron chi connectivity index (χ3n) is 2.82. The number of carbonyl (C=O) groups is 1. The lowest BCUT2D eigenvalue weighted by Crippen LogP contribution is -2.27. The average molecular weight is 386 g/mol. The zero-order chi connectivity index (χ0) is 13.8. The Morgan fingerprint density at radius 1 is 1.16 bits per heavy atom. The molecular weight excluding hydrogens is 373 g/mol. The van der Waals surface area contributed by atoms with Crippen LogP contribution in [0.25, 0.3) is 0 Å². The lowest BCUT2D eigenvalue weighted by atomic mass is 10.1. The van der Waals surface area contributed by atoms with Crippen molar-refractivity contribution >= 4 is 40.1 Å². The van der Waals surface area contributed by atoms with Gasteiger partial charge in [-0.2, -0.15) is 0 Å². The smallest absolute Gasteiger partial charge is 0.254 e. The first-order valence-corrected chi connectivity index (χ1v) is 7.28. The van der Waals surface area contributed by atoms with Crippen LogP contribution in [-0.2, 0) is 6.54 Å². The minimum atomic E-state index is 0.00456. The Morgan fingerprint density at radius 2 is 1.79 bits per heavy atom. The molecule has 0 radical (unpaired) electrons. The second-order valence-corrected chi connectivity index (χ2v) is 5.80. The maximum Gasteiger partial charge on any atom is 0.254 e. The molecule has 1 amide bonds. The number of halogens is 2. The number of rotatable bonds is 3. The molecule has 0 spiro atoms. The highest BCUT2D eigenvalue weighted by Gasteiger charge is 2.15. The minimum absolute atomic E-state index is 0.00456. The largest absolute Gasteiger partial charge is 0.337 e. The van der Waals surface area contributed by atoms with Crippen LogP contribution in [-0.4, -0.2) is 17.9 Å². The molecule has 0 heterocycles. The van der Waals surface area contributed by atoms with E-state index in [1.54, 1.807) is 11.9 Å². The minimum Gasteiger partial charge on any atom is -0.337 e. The highest BCUT2D eigenvalue weighted by Crippen LogP contribution is 2.19. The Bertz CT molecular complexity index is 600. The van der Waals surface area contributed by atoms with Gasteiger partial charge in [0.25, 0.3) is 5.91 Å². The first kappa shape index (κ1) is 14.3. The summed E-state index contributed by atoms with van der Waals surface area (Å²) >= 11 is 8.28. The zero-order valence-corrected chi connectivity index (χ0v) is 13.4. The second-order valence-electron chi connectivity index (χ2n) is 4.23. The second kappa shape index (κ2) is 6.39. The molecule has 0 bridgehead atoms. The molecule has 0 unspecified atom stereocenters. The standard InChI is InChI=1S/C15H13ClINO/c1-18(10-11-6-2-4-8-13(11)16)15(19)12-7-3-5-9-14(12)17/h2-9H,10H2,1H3. The third-order valence-corrected chi connectivity index (χ3v) is 4.13. The van der Waals surface area contributed by atoms with Gasteiger partial charge in [-0.1, -0.05) is 41.9 Å². The Kier molecular flexibility index (Phi) is 4.82. The van der Waals surface area contributed by atoms with E-state index in [9.17, 15) is 4.79 Å². The summed E-state index contributed by atoms with van der Waals surface area (Å²) in [4.78, 5) is 14.0. The van der Waals surface area contributed by atoms with Crippen molar-refractivity contribution in [3.8, 4) is 0 Å². The van der Waals surface area contributed by atoms with E-state index < -0.39 is 0 Å². The first-order valence-electron chi connectivity index (χ1n) is 5.83. The summed E-state index contributed by atoms with van der Waals surface area (Å²) in [5, 5.41) is 0.685. The molecule has 0 aliphatic rings. The van der Waals surface area contributed by atoms with Crippen molar-refractivity contribution in [2.24, 2.45) is 0 Å². The monoisotopic (exact) mass is 385 g/mol. The molecule has 2 nitrogen and oxygen atoms in total. The molecule has 98 valence electrons. The average Bonchev–Trinajstić information content (AvgIpc) is 2.41. The van der Waals surface area contributed by atoms with E-state index >= 15 is 0 Å². The third kappa shape index (κ3) is 3.48. The van der Waals surface area contributed by atoms with Crippen LogP contribution >= 0.6 is 34.2 Å². The molecule has 19 heavy (non-hydrogen) atoms. The molecule has 2 aromatic carbocycles. The first-order chi connectivity index (χ1) is 9.09. The molecule has 0 fully saturated rings. The van der Waals surface area contributed by atoms with Gasteiger partial charge in [-0.25, -0.2) is 0 Å². The Hall–Kier alpha value is -1.07. The fourth-order valence-corrected chi connectivity index (χ4v) is 2.61. The topological polar surface area (TPSA) is 20.3 Å². The van der Waals surface area contributed by atoms with E-state index in [0.717, 1.165) is 14.7 Å². The molecular formula is C15H13ClINO. The molecule has 0 saturated carbocycles. The fourth-order valence-electron chi connectivity index (χ4n) is 1.79. The van der Waals surface area contributed by atoms with E-state index in [2.05, 4.69) is 22.6 Å². The van der Waals surface area contributed by atoms with Crippen molar-refractivity contribution < 1.29 is 4.79 Å². The van der Waals surface area contributed by atoms with E-state index in [1.807, 2.05) is 48.5 Å². The Morgan fingerprint density at radius 3 is 2.47 bits per heavy atom. The van der Waals surface area contributed by atoms with E-state index in [4.69, 9.17) is 11.6 Å². The molecule has 0 N–H and O–H groups in total. The molecule has 0 aliphatic heterocycles. The Balaban J connectivity index is 2.17. The van der Waals surface area contributed by atoms with E-state index in [1.165, 1.54) is 0 Å². The summed E-state index contributed by atoms with van der Waals surface area (Å²) in [6, 6.07) is 15.1. The summed E-state index contributed by atoms with van der Waals surface area (Å²) in [5.41, 5.74) is 1.67. The number of carbonyl (C=O) groups excluding carboxylic acids is 1. The summed E-state index contributed by atoms with van der Waals surface area (Å²) in [7, 11) is 1.79. The van der Waals surface area contributed by atoms with Crippen LogP contribution in [0.5, 0.6) is 0 Å².